The van der Waals surface area contributed by atoms with E-state index in [1.165, 1.54) is 19.3 Å². The summed E-state index contributed by atoms with van der Waals surface area (Å²) < 4.78 is 27.9. The van der Waals surface area contributed by atoms with Crippen LogP contribution in [0.2, 0.25) is 6.04 Å². The van der Waals surface area contributed by atoms with Gasteiger partial charge in [-0.2, -0.15) is 0 Å². The van der Waals surface area contributed by atoms with Crippen molar-refractivity contribution in [3.63, 3.8) is 0 Å². The van der Waals surface area contributed by atoms with Gasteiger partial charge in [0.05, 0.1) is 19.3 Å². The molecule has 2 saturated carbocycles. The molecule has 2 aliphatic carbocycles. The normalized spacial score (nSPS) is 38.1. The first kappa shape index (κ1) is 15.9. The summed E-state index contributed by atoms with van der Waals surface area (Å²) in [6.07, 6.45) is 5.87. The van der Waals surface area contributed by atoms with Crippen LogP contribution in [0.15, 0.2) is 0 Å². The van der Waals surface area contributed by atoms with Gasteiger partial charge in [-0.25, -0.2) is 0 Å². The van der Waals surface area contributed by atoms with Crippen LogP contribution in [0.25, 0.3) is 0 Å². The fourth-order valence-electron chi connectivity index (χ4n) is 4.26. The monoisotopic (exact) mass is 316 g/mol. The third-order valence-corrected chi connectivity index (χ3v) is 8.31. The van der Waals surface area contributed by atoms with Gasteiger partial charge < -0.3 is 22.8 Å². The van der Waals surface area contributed by atoms with Gasteiger partial charge in [0.15, 0.2) is 0 Å². The van der Waals surface area contributed by atoms with E-state index >= 15 is 0 Å². The zero-order chi connectivity index (χ0) is 14.9. The molecular weight excluding hydrogens is 288 g/mol. The Morgan fingerprint density at radius 1 is 1.05 bits per heavy atom. The Balaban J connectivity index is 1.49. The number of epoxide rings is 1. The molecule has 0 aromatic heterocycles. The lowest BCUT2D eigenvalue weighted by atomic mass is 9.85. The SMILES string of the molecule is CO[Si](CCC1CC2CC(OCC3CO3)C1C2)(OC)OC. The molecular formula is C15H28O5Si. The Morgan fingerprint density at radius 3 is 2.33 bits per heavy atom. The number of hydrogen-bond donors (Lipinski definition) is 0. The van der Waals surface area contributed by atoms with E-state index in [0.717, 1.165) is 37.5 Å². The van der Waals surface area contributed by atoms with Crippen LogP contribution < -0.4 is 0 Å². The molecule has 122 valence electrons. The van der Waals surface area contributed by atoms with Gasteiger partial charge in [0.25, 0.3) is 0 Å². The first-order valence-corrected chi connectivity index (χ1v) is 10.0. The first-order valence-electron chi connectivity index (χ1n) is 8.08. The van der Waals surface area contributed by atoms with Crippen LogP contribution in [0.1, 0.15) is 25.7 Å². The second-order valence-electron chi connectivity index (χ2n) is 6.66. The maximum Gasteiger partial charge on any atom is 0.500 e. The van der Waals surface area contributed by atoms with Crippen molar-refractivity contribution in [1.29, 1.82) is 0 Å². The van der Waals surface area contributed by atoms with Crippen molar-refractivity contribution in [2.24, 2.45) is 17.8 Å². The molecule has 0 N–H and O–H groups in total. The molecule has 0 radical (unpaired) electrons. The van der Waals surface area contributed by atoms with Crippen molar-refractivity contribution < 1.29 is 22.8 Å². The van der Waals surface area contributed by atoms with Crippen molar-refractivity contribution in [1.82, 2.24) is 0 Å². The maximum atomic E-state index is 6.09. The third-order valence-electron chi connectivity index (χ3n) is 5.54. The Kier molecular flexibility index (Phi) is 5.03. The van der Waals surface area contributed by atoms with Crippen LogP contribution in [-0.2, 0) is 22.8 Å². The second-order valence-corrected chi connectivity index (χ2v) is 9.75. The topological polar surface area (TPSA) is 49.5 Å². The van der Waals surface area contributed by atoms with Crippen LogP contribution in [0.4, 0.5) is 0 Å². The van der Waals surface area contributed by atoms with Gasteiger partial charge in [-0.05, 0) is 43.4 Å². The highest BCUT2D eigenvalue weighted by molar-refractivity contribution is 6.60. The van der Waals surface area contributed by atoms with Crippen LogP contribution in [0.3, 0.4) is 0 Å². The molecule has 5 atom stereocenters. The van der Waals surface area contributed by atoms with Crippen LogP contribution >= 0.6 is 0 Å². The zero-order valence-corrected chi connectivity index (χ0v) is 14.4. The van der Waals surface area contributed by atoms with Crippen molar-refractivity contribution in [3.8, 4) is 0 Å². The molecule has 1 heterocycles. The van der Waals surface area contributed by atoms with Crippen LogP contribution in [0.5, 0.6) is 0 Å². The van der Waals surface area contributed by atoms with Gasteiger partial charge in [-0.3, -0.25) is 0 Å². The quantitative estimate of drug-likeness (QED) is 0.481. The van der Waals surface area contributed by atoms with Crippen molar-refractivity contribution in [3.05, 3.63) is 0 Å². The number of ether oxygens (including phenoxy) is 2. The summed E-state index contributed by atoms with van der Waals surface area (Å²) in [6.45, 7) is 1.67. The number of hydrogen-bond acceptors (Lipinski definition) is 5. The molecule has 3 fully saturated rings. The van der Waals surface area contributed by atoms with Gasteiger partial charge in [0.1, 0.15) is 6.10 Å². The molecule has 6 heteroatoms. The summed E-state index contributed by atoms with van der Waals surface area (Å²) in [4.78, 5) is 0. The Labute approximate surface area is 128 Å². The molecule has 0 amide bonds. The number of rotatable bonds is 9. The first-order chi connectivity index (χ1) is 10.2. The average molecular weight is 316 g/mol. The summed E-state index contributed by atoms with van der Waals surface area (Å²) in [5.41, 5.74) is 0. The molecule has 2 bridgehead atoms. The second kappa shape index (κ2) is 6.64. The minimum absolute atomic E-state index is 0.373. The minimum atomic E-state index is -2.42. The highest BCUT2D eigenvalue weighted by Crippen LogP contribution is 2.51. The van der Waals surface area contributed by atoms with Crippen molar-refractivity contribution >= 4 is 8.80 Å². The lowest BCUT2D eigenvalue weighted by Crippen LogP contribution is -2.43. The highest BCUT2D eigenvalue weighted by atomic mass is 28.4. The van der Waals surface area contributed by atoms with E-state index in [-0.39, 0.29) is 0 Å². The van der Waals surface area contributed by atoms with Crippen molar-refractivity contribution in [2.75, 3.05) is 34.5 Å². The molecule has 0 aromatic rings. The third kappa shape index (κ3) is 3.51. The zero-order valence-electron chi connectivity index (χ0n) is 13.4. The van der Waals surface area contributed by atoms with Gasteiger partial charge >= 0.3 is 8.80 Å². The predicted octanol–water partition coefficient (Wildman–Crippen LogP) is 2.08. The van der Waals surface area contributed by atoms with E-state index in [4.69, 9.17) is 22.8 Å². The van der Waals surface area contributed by atoms with E-state index < -0.39 is 8.80 Å². The van der Waals surface area contributed by atoms with Gasteiger partial charge in [0, 0.05) is 27.4 Å². The smallest absolute Gasteiger partial charge is 0.377 e. The highest BCUT2D eigenvalue weighted by Gasteiger charge is 2.48. The molecule has 0 aromatic carbocycles. The van der Waals surface area contributed by atoms with Gasteiger partial charge in [0.2, 0.25) is 0 Å². The average Bonchev–Trinajstić information content (AvgIpc) is 3.15. The lowest BCUT2D eigenvalue weighted by Gasteiger charge is -2.31. The maximum absolute atomic E-state index is 6.09. The van der Waals surface area contributed by atoms with Crippen LogP contribution in [-0.4, -0.2) is 55.6 Å². The molecule has 5 unspecified atom stereocenters. The Hall–Kier alpha value is 0.0169. The van der Waals surface area contributed by atoms with E-state index in [0.29, 0.717) is 18.1 Å². The van der Waals surface area contributed by atoms with E-state index in [1.807, 2.05) is 0 Å². The van der Waals surface area contributed by atoms with Crippen LogP contribution in [0, 0.1) is 17.8 Å². The summed E-state index contributed by atoms with van der Waals surface area (Å²) in [6, 6.07) is 0.906. The summed E-state index contributed by atoms with van der Waals surface area (Å²) >= 11 is 0. The minimum Gasteiger partial charge on any atom is -0.377 e. The summed E-state index contributed by atoms with van der Waals surface area (Å²) in [5.74, 6) is 2.31. The molecule has 3 aliphatic rings. The largest absolute Gasteiger partial charge is 0.500 e. The fraction of sp³-hybridized carbons (Fsp3) is 1.00. The molecule has 3 rings (SSSR count). The van der Waals surface area contributed by atoms with E-state index in [1.54, 1.807) is 21.3 Å². The van der Waals surface area contributed by atoms with Gasteiger partial charge in [-0.15, -0.1) is 0 Å². The summed E-state index contributed by atoms with van der Waals surface area (Å²) in [7, 11) is 2.67. The lowest BCUT2D eigenvalue weighted by molar-refractivity contribution is -0.00944. The van der Waals surface area contributed by atoms with Crippen molar-refractivity contribution in [2.45, 2.75) is 43.9 Å². The Bertz CT molecular complexity index is 337. The molecule has 5 nitrogen and oxygen atoms in total. The molecule has 1 aliphatic heterocycles. The predicted molar refractivity (Wildman–Crippen MR) is 80.0 cm³/mol. The molecule has 1 saturated heterocycles. The standard InChI is InChI=1S/C15H28O5Si/c1-16-21(17-2,18-3)5-4-12-6-11-7-14(12)15(8-11)20-10-13-9-19-13/h11-15H,4-10H2,1-3H3. The van der Waals surface area contributed by atoms with E-state index in [9.17, 15) is 0 Å². The Morgan fingerprint density at radius 2 is 1.76 bits per heavy atom. The van der Waals surface area contributed by atoms with Gasteiger partial charge in [-0.1, -0.05) is 0 Å². The van der Waals surface area contributed by atoms with E-state index in [2.05, 4.69) is 0 Å². The number of fused-ring (bicyclic) bond motifs is 2. The fourth-order valence-corrected chi connectivity index (χ4v) is 6.10. The summed E-state index contributed by atoms with van der Waals surface area (Å²) in [5, 5.41) is 0. The molecule has 0 spiro atoms. The molecule has 21 heavy (non-hydrogen) atoms.